The molecule has 1 unspecified atom stereocenters. The van der Waals surface area contributed by atoms with Gasteiger partial charge in [0, 0.05) is 11.1 Å². The molecule has 0 spiro atoms. The minimum atomic E-state index is 0.691. The van der Waals surface area contributed by atoms with Crippen molar-refractivity contribution in [1.82, 2.24) is 4.98 Å². The van der Waals surface area contributed by atoms with Crippen LogP contribution >= 0.6 is 0 Å². The van der Waals surface area contributed by atoms with Gasteiger partial charge in [-0.05, 0) is 43.4 Å². The molecule has 1 atom stereocenters. The third-order valence-corrected chi connectivity index (χ3v) is 3.86. The van der Waals surface area contributed by atoms with Crippen molar-refractivity contribution in [2.75, 3.05) is 0 Å². The molecule has 0 amide bonds. The average Bonchev–Trinajstić information content (AvgIpc) is 2.42. The summed E-state index contributed by atoms with van der Waals surface area (Å²) in [5.41, 5.74) is 3.81. The molecule has 1 heteroatoms. The Balaban J connectivity index is 2.45. The van der Waals surface area contributed by atoms with Gasteiger partial charge in [-0.2, -0.15) is 0 Å². The molecule has 2 rings (SSSR count). The lowest BCUT2D eigenvalue weighted by atomic mass is 9.87. The molecule has 0 saturated heterocycles. The van der Waals surface area contributed by atoms with Crippen LogP contribution in [0.25, 0.3) is 10.9 Å². The summed E-state index contributed by atoms with van der Waals surface area (Å²) in [6, 6.07) is 10.9. The molecule has 19 heavy (non-hydrogen) atoms. The summed E-state index contributed by atoms with van der Waals surface area (Å²) in [4.78, 5) is 4.66. The maximum Gasteiger partial charge on any atom is 0.0708 e. The predicted octanol–water partition coefficient (Wildman–Crippen LogP) is 5.62. The number of pyridine rings is 1. The van der Waals surface area contributed by atoms with Crippen LogP contribution < -0.4 is 0 Å². The van der Waals surface area contributed by atoms with Crippen LogP contribution in [-0.2, 0) is 0 Å². The Morgan fingerprint density at radius 1 is 1.05 bits per heavy atom. The summed E-state index contributed by atoms with van der Waals surface area (Å²) in [6.07, 6.45) is 6.44. The van der Waals surface area contributed by atoms with Gasteiger partial charge in [-0.15, -0.1) is 0 Å². The van der Waals surface area contributed by atoms with E-state index in [-0.39, 0.29) is 0 Å². The summed E-state index contributed by atoms with van der Waals surface area (Å²) in [6.45, 7) is 6.67. The van der Waals surface area contributed by atoms with Crippen molar-refractivity contribution in [2.24, 2.45) is 0 Å². The molecule has 1 aromatic carbocycles. The topological polar surface area (TPSA) is 12.9 Å². The van der Waals surface area contributed by atoms with Crippen LogP contribution in [-0.4, -0.2) is 4.98 Å². The Kier molecular flexibility index (Phi) is 4.95. The van der Waals surface area contributed by atoms with E-state index in [1.165, 1.54) is 43.1 Å². The van der Waals surface area contributed by atoms with Crippen LogP contribution in [0, 0.1) is 6.92 Å². The Morgan fingerprint density at radius 2 is 1.84 bits per heavy atom. The second-order valence-corrected chi connectivity index (χ2v) is 5.50. The number of fused-ring (bicyclic) bond motifs is 1. The molecule has 0 aliphatic heterocycles. The first kappa shape index (κ1) is 14.0. The van der Waals surface area contributed by atoms with Gasteiger partial charge in [-0.1, -0.05) is 51.3 Å². The number of nitrogens with zero attached hydrogens (tertiary/aromatic N) is 1. The van der Waals surface area contributed by atoms with Crippen molar-refractivity contribution in [3.63, 3.8) is 0 Å². The van der Waals surface area contributed by atoms with Crippen molar-refractivity contribution in [2.45, 2.75) is 58.8 Å². The molecule has 102 valence electrons. The number of aryl methyl sites for hydroxylation is 1. The lowest BCUT2D eigenvalue weighted by molar-refractivity contribution is 0.543. The van der Waals surface area contributed by atoms with E-state index in [2.05, 4.69) is 56.1 Å². The minimum absolute atomic E-state index is 0.691. The third-order valence-electron chi connectivity index (χ3n) is 3.86. The van der Waals surface area contributed by atoms with Gasteiger partial charge in [-0.3, -0.25) is 4.98 Å². The molecule has 2 aromatic rings. The smallest absolute Gasteiger partial charge is 0.0708 e. The van der Waals surface area contributed by atoms with E-state index in [0.717, 1.165) is 11.2 Å². The Morgan fingerprint density at radius 3 is 2.58 bits per heavy atom. The molecule has 1 nitrogen and oxygen atoms in total. The molecule has 0 aliphatic rings. The number of aromatic nitrogens is 1. The van der Waals surface area contributed by atoms with Crippen molar-refractivity contribution < 1.29 is 0 Å². The molecule has 0 N–H and O–H groups in total. The highest BCUT2D eigenvalue weighted by Crippen LogP contribution is 2.32. The molecular weight excluding hydrogens is 230 g/mol. The fourth-order valence-electron chi connectivity index (χ4n) is 2.93. The summed E-state index contributed by atoms with van der Waals surface area (Å²) >= 11 is 0. The van der Waals surface area contributed by atoms with E-state index in [1.807, 2.05) is 0 Å². The molecule has 0 fully saturated rings. The monoisotopic (exact) mass is 255 g/mol. The summed E-state index contributed by atoms with van der Waals surface area (Å²) in [5, 5.41) is 1.35. The van der Waals surface area contributed by atoms with Gasteiger partial charge in [0.25, 0.3) is 0 Å². The number of rotatable bonds is 6. The number of hydrogen-bond donors (Lipinski definition) is 0. The fourth-order valence-corrected chi connectivity index (χ4v) is 2.93. The second-order valence-electron chi connectivity index (χ2n) is 5.50. The molecular formula is C18H25N. The van der Waals surface area contributed by atoms with Gasteiger partial charge >= 0.3 is 0 Å². The number of para-hydroxylation sites is 1. The van der Waals surface area contributed by atoms with Gasteiger partial charge in [0.15, 0.2) is 0 Å². The van der Waals surface area contributed by atoms with Crippen LogP contribution in [0.5, 0.6) is 0 Å². The van der Waals surface area contributed by atoms with Gasteiger partial charge < -0.3 is 0 Å². The van der Waals surface area contributed by atoms with Gasteiger partial charge in [0.2, 0.25) is 0 Å². The lowest BCUT2D eigenvalue weighted by Gasteiger charge is -2.19. The normalized spacial score (nSPS) is 12.8. The Labute approximate surface area is 117 Å². The highest BCUT2D eigenvalue weighted by Gasteiger charge is 2.14. The highest BCUT2D eigenvalue weighted by molar-refractivity contribution is 5.82. The average molecular weight is 255 g/mol. The summed E-state index contributed by atoms with van der Waals surface area (Å²) < 4.78 is 0. The van der Waals surface area contributed by atoms with E-state index in [0.29, 0.717) is 5.92 Å². The molecule has 0 saturated carbocycles. The SMILES string of the molecule is CCCCC(CCC)c1cc(C)nc2ccccc12. The van der Waals surface area contributed by atoms with Crippen LogP contribution in [0.3, 0.4) is 0 Å². The zero-order valence-electron chi connectivity index (χ0n) is 12.4. The predicted molar refractivity (Wildman–Crippen MR) is 83.7 cm³/mol. The first-order chi connectivity index (χ1) is 9.26. The molecule has 0 radical (unpaired) electrons. The molecule has 1 heterocycles. The quantitative estimate of drug-likeness (QED) is 0.653. The Bertz CT molecular complexity index is 530. The van der Waals surface area contributed by atoms with Crippen LogP contribution in [0.2, 0.25) is 0 Å². The van der Waals surface area contributed by atoms with E-state index in [4.69, 9.17) is 0 Å². The van der Waals surface area contributed by atoms with Crippen molar-refractivity contribution in [3.05, 3.63) is 41.6 Å². The number of unbranched alkanes of at least 4 members (excludes halogenated alkanes) is 1. The zero-order valence-corrected chi connectivity index (χ0v) is 12.4. The molecule has 1 aromatic heterocycles. The van der Waals surface area contributed by atoms with Gasteiger partial charge in [0.05, 0.1) is 5.52 Å². The van der Waals surface area contributed by atoms with Gasteiger partial charge in [0.1, 0.15) is 0 Å². The second kappa shape index (κ2) is 6.70. The first-order valence-electron chi connectivity index (χ1n) is 7.62. The van der Waals surface area contributed by atoms with E-state index < -0.39 is 0 Å². The fraction of sp³-hybridized carbons (Fsp3) is 0.500. The van der Waals surface area contributed by atoms with E-state index in [1.54, 1.807) is 0 Å². The maximum atomic E-state index is 4.66. The number of hydrogen-bond acceptors (Lipinski definition) is 1. The highest BCUT2D eigenvalue weighted by atomic mass is 14.7. The standard InChI is InChI=1S/C18H25N/c1-4-6-10-15(9-5-2)17-13-14(3)19-18-12-8-7-11-16(17)18/h7-8,11-13,15H,4-6,9-10H2,1-3H3. The Hall–Kier alpha value is -1.37. The van der Waals surface area contributed by atoms with E-state index in [9.17, 15) is 0 Å². The van der Waals surface area contributed by atoms with Crippen LogP contribution in [0.4, 0.5) is 0 Å². The lowest BCUT2D eigenvalue weighted by Crippen LogP contribution is -2.02. The minimum Gasteiger partial charge on any atom is -0.253 e. The van der Waals surface area contributed by atoms with Crippen molar-refractivity contribution >= 4 is 10.9 Å². The van der Waals surface area contributed by atoms with E-state index >= 15 is 0 Å². The third kappa shape index (κ3) is 3.34. The molecule has 0 bridgehead atoms. The molecule has 0 aliphatic carbocycles. The zero-order chi connectivity index (χ0) is 13.7. The van der Waals surface area contributed by atoms with Crippen molar-refractivity contribution in [1.29, 1.82) is 0 Å². The largest absolute Gasteiger partial charge is 0.253 e. The van der Waals surface area contributed by atoms with Crippen molar-refractivity contribution in [3.8, 4) is 0 Å². The number of benzene rings is 1. The first-order valence-corrected chi connectivity index (χ1v) is 7.62. The van der Waals surface area contributed by atoms with Gasteiger partial charge in [-0.25, -0.2) is 0 Å². The van der Waals surface area contributed by atoms with Crippen LogP contribution in [0.1, 0.15) is 63.1 Å². The van der Waals surface area contributed by atoms with Crippen LogP contribution in [0.15, 0.2) is 30.3 Å². The maximum absolute atomic E-state index is 4.66. The summed E-state index contributed by atoms with van der Waals surface area (Å²) in [5.74, 6) is 0.691. The summed E-state index contributed by atoms with van der Waals surface area (Å²) in [7, 11) is 0.